The monoisotopic (exact) mass is 476 g/mol. The number of aliphatic imine (C=N–C) groups is 1. The van der Waals surface area contributed by atoms with Crippen molar-refractivity contribution in [1.82, 2.24) is 15.2 Å². The standard InChI is InChI=1S/C26H28N4O3S/c1-5-33-25(32)23-18(4)29-26-30(24(23)21-12-16(2)6-7-17(21)3)20(15-34-26)13-22(31)28-14-19-8-10-27-11-9-19/h6-12,15,24H,5,13-14H2,1-4H3,(H,28,31)/t24-/m1/s1. The van der Waals surface area contributed by atoms with Gasteiger partial charge in [-0.3, -0.25) is 9.78 Å². The number of esters is 1. The first-order chi connectivity index (χ1) is 16.4. The molecule has 2 aliphatic rings. The van der Waals surface area contributed by atoms with Crippen molar-refractivity contribution in [2.75, 3.05) is 6.61 Å². The number of pyridine rings is 1. The van der Waals surface area contributed by atoms with Crippen LogP contribution in [0.2, 0.25) is 0 Å². The number of hydrogen-bond donors (Lipinski definition) is 1. The lowest BCUT2D eigenvalue weighted by molar-refractivity contribution is -0.139. The summed E-state index contributed by atoms with van der Waals surface area (Å²) in [5, 5.41) is 5.68. The first kappa shape index (κ1) is 23.8. The number of carbonyl (C=O) groups is 2. The van der Waals surface area contributed by atoms with Gasteiger partial charge in [0.25, 0.3) is 0 Å². The van der Waals surface area contributed by atoms with Crippen molar-refractivity contribution in [2.45, 2.75) is 46.7 Å². The smallest absolute Gasteiger partial charge is 0.338 e. The highest BCUT2D eigenvalue weighted by atomic mass is 32.2. The SMILES string of the molecule is CCOC(=O)C1=C(C)N=C2SC=C(CC(=O)NCc3ccncc3)N2[C@@H]1c1cc(C)ccc1C. The number of nitrogens with zero attached hydrogens (tertiary/aromatic N) is 3. The van der Waals surface area contributed by atoms with Crippen molar-refractivity contribution in [3.05, 3.63) is 87.4 Å². The lowest BCUT2D eigenvalue weighted by Crippen LogP contribution is -2.38. The minimum Gasteiger partial charge on any atom is -0.463 e. The second-order valence-electron chi connectivity index (χ2n) is 8.28. The summed E-state index contributed by atoms with van der Waals surface area (Å²) in [6, 6.07) is 9.54. The number of amides is 1. The number of aromatic nitrogens is 1. The van der Waals surface area contributed by atoms with Gasteiger partial charge in [-0.15, -0.1) is 0 Å². The summed E-state index contributed by atoms with van der Waals surface area (Å²) >= 11 is 1.47. The number of benzene rings is 1. The molecule has 0 radical (unpaired) electrons. The predicted octanol–water partition coefficient (Wildman–Crippen LogP) is 4.54. The fraction of sp³-hybridized carbons (Fsp3) is 0.308. The van der Waals surface area contributed by atoms with Gasteiger partial charge in [0.1, 0.15) is 0 Å². The largest absolute Gasteiger partial charge is 0.463 e. The third kappa shape index (κ3) is 4.92. The maximum atomic E-state index is 13.1. The molecule has 0 aliphatic carbocycles. The number of amidine groups is 1. The Hall–Kier alpha value is -3.39. The molecule has 3 heterocycles. The van der Waals surface area contributed by atoms with Crippen LogP contribution in [0.1, 0.15) is 48.6 Å². The molecule has 1 atom stereocenters. The zero-order valence-corrected chi connectivity index (χ0v) is 20.6. The molecule has 8 heteroatoms. The van der Waals surface area contributed by atoms with E-state index in [4.69, 9.17) is 9.73 Å². The summed E-state index contributed by atoms with van der Waals surface area (Å²) in [6.45, 7) is 8.41. The van der Waals surface area contributed by atoms with E-state index in [1.54, 1.807) is 19.3 Å². The lowest BCUT2D eigenvalue weighted by Gasteiger charge is -2.37. The van der Waals surface area contributed by atoms with Crippen molar-refractivity contribution in [2.24, 2.45) is 4.99 Å². The van der Waals surface area contributed by atoms with Crippen molar-refractivity contribution in [3.63, 3.8) is 0 Å². The molecule has 0 spiro atoms. The number of allylic oxidation sites excluding steroid dienone is 1. The number of aryl methyl sites for hydroxylation is 2. The molecule has 0 unspecified atom stereocenters. The minimum atomic E-state index is -0.416. The van der Waals surface area contributed by atoms with Crippen LogP contribution in [0, 0.1) is 13.8 Å². The third-order valence-electron chi connectivity index (χ3n) is 5.81. The van der Waals surface area contributed by atoms with E-state index in [-0.39, 0.29) is 24.9 Å². The molecule has 34 heavy (non-hydrogen) atoms. The van der Waals surface area contributed by atoms with Gasteiger partial charge in [0, 0.05) is 24.6 Å². The van der Waals surface area contributed by atoms with Crippen molar-refractivity contribution < 1.29 is 14.3 Å². The quantitative estimate of drug-likeness (QED) is 0.591. The highest BCUT2D eigenvalue weighted by molar-refractivity contribution is 8.16. The van der Waals surface area contributed by atoms with E-state index in [1.165, 1.54) is 11.8 Å². The Bertz CT molecular complexity index is 1200. The fourth-order valence-corrected chi connectivity index (χ4v) is 5.08. The van der Waals surface area contributed by atoms with Crippen LogP contribution in [-0.2, 0) is 20.9 Å². The Kier molecular flexibility index (Phi) is 7.17. The molecule has 0 fully saturated rings. The lowest BCUT2D eigenvalue weighted by atomic mass is 9.90. The molecule has 0 saturated carbocycles. The van der Waals surface area contributed by atoms with Gasteiger partial charge in [0.05, 0.1) is 30.3 Å². The number of rotatable bonds is 7. The number of carbonyl (C=O) groups excluding carboxylic acids is 2. The van der Waals surface area contributed by atoms with E-state index in [2.05, 4.69) is 28.5 Å². The fourth-order valence-electron chi connectivity index (χ4n) is 4.12. The first-order valence-corrected chi connectivity index (χ1v) is 12.1. The summed E-state index contributed by atoms with van der Waals surface area (Å²) in [4.78, 5) is 36.6. The highest BCUT2D eigenvalue weighted by Crippen LogP contribution is 2.45. The Labute approximate surface area is 204 Å². The van der Waals surface area contributed by atoms with E-state index < -0.39 is 6.04 Å². The van der Waals surface area contributed by atoms with Gasteiger partial charge in [-0.05, 0) is 61.9 Å². The maximum absolute atomic E-state index is 13.1. The second-order valence-corrected chi connectivity index (χ2v) is 9.12. The average molecular weight is 477 g/mol. The van der Waals surface area contributed by atoms with Crippen LogP contribution in [0.5, 0.6) is 0 Å². The van der Waals surface area contributed by atoms with Crippen LogP contribution < -0.4 is 5.32 Å². The average Bonchev–Trinajstić information content (AvgIpc) is 3.21. The van der Waals surface area contributed by atoms with Crippen molar-refractivity contribution in [1.29, 1.82) is 0 Å². The molecule has 0 saturated heterocycles. The molecule has 176 valence electrons. The van der Waals surface area contributed by atoms with Crippen LogP contribution in [-0.4, -0.2) is 33.5 Å². The zero-order valence-electron chi connectivity index (χ0n) is 19.8. The maximum Gasteiger partial charge on any atom is 0.338 e. The molecular formula is C26H28N4O3S. The molecule has 1 amide bonds. The number of ether oxygens (including phenoxy) is 1. The number of thioether (sulfide) groups is 1. The Morgan fingerprint density at radius 1 is 1.15 bits per heavy atom. The van der Waals surface area contributed by atoms with E-state index in [1.807, 2.05) is 43.2 Å². The molecule has 2 aromatic rings. The summed E-state index contributed by atoms with van der Waals surface area (Å²) < 4.78 is 5.42. The molecule has 2 aliphatic heterocycles. The topological polar surface area (TPSA) is 83.9 Å². The van der Waals surface area contributed by atoms with Crippen LogP contribution >= 0.6 is 11.8 Å². The summed E-state index contributed by atoms with van der Waals surface area (Å²) in [5.41, 5.74) is 6.08. The molecule has 4 rings (SSSR count). The third-order valence-corrected chi connectivity index (χ3v) is 6.69. The Morgan fingerprint density at radius 2 is 1.91 bits per heavy atom. The molecule has 0 bridgehead atoms. The van der Waals surface area contributed by atoms with Gasteiger partial charge in [-0.2, -0.15) is 0 Å². The molecule has 1 aromatic heterocycles. The van der Waals surface area contributed by atoms with Gasteiger partial charge >= 0.3 is 5.97 Å². The summed E-state index contributed by atoms with van der Waals surface area (Å²) in [5.74, 6) is -0.485. The number of fused-ring (bicyclic) bond motifs is 1. The van der Waals surface area contributed by atoms with E-state index in [0.29, 0.717) is 17.8 Å². The molecule has 1 aromatic carbocycles. The zero-order chi connectivity index (χ0) is 24.2. The first-order valence-electron chi connectivity index (χ1n) is 11.2. The molecular weight excluding hydrogens is 448 g/mol. The van der Waals surface area contributed by atoms with Gasteiger partial charge < -0.3 is 15.0 Å². The predicted molar refractivity (Wildman–Crippen MR) is 134 cm³/mol. The van der Waals surface area contributed by atoms with Crippen molar-refractivity contribution >= 4 is 28.8 Å². The van der Waals surface area contributed by atoms with E-state index >= 15 is 0 Å². The number of nitrogens with one attached hydrogen (secondary N) is 1. The van der Waals surface area contributed by atoms with Gasteiger partial charge in [0.2, 0.25) is 5.91 Å². The summed E-state index contributed by atoms with van der Waals surface area (Å²) in [6.07, 6.45) is 3.58. The van der Waals surface area contributed by atoms with Gasteiger partial charge in [0.15, 0.2) is 5.17 Å². The van der Waals surface area contributed by atoms with Crippen molar-refractivity contribution in [3.8, 4) is 0 Å². The van der Waals surface area contributed by atoms with E-state index in [9.17, 15) is 9.59 Å². The normalized spacial score (nSPS) is 17.2. The second kappa shape index (κ2) is 10.3. The van der Waals surface area contributed by atoms with E-state index in [0.717, 1.165) is 33.1 Å². The molecule has 7 nitrogen and oxygen atoms in total. The Morgan fingerprint density at radius 3 is 2.65 bits per heavy atom. The summed E-state index contributed by atoms with van der Waals surface area (Å²) in [7, 11) is 0. The van der Waals surface area contributed by atoms with Crippen LogP contribution in [0.4, 0.5) is 0 Å². The van der Waals surface area contributed by atoms with Crippen LogP contribution in [0.25, 0.3) is 0 Å². The van der Waals surface area contributed by atoms with Crippen LogP contribution in [0.15, 0.2) is 70.1 Å². The Balaban J connectivity index is 1.65. The van der Waals surface area contributed by atoms with Crippen LogP contribution in [0.3, 0.4) is 0 Å². The molecule has 1 N–H and O–H groups in total. The number of hydrogen-bond acceptors (Lipinski definition) is 7. The highest BCUT2D eigenvalue weighted by Gasteiger charge is 2.41. The minimum absolute atomic E-state index is 0.103. The van der Waals surface area contributed by atoms with Gasteiger partial charge in [-0.25, -0.2) is 9.79 Å². The van der Waals surface area contributed by atoms with Gasteiger partial charge in [-0.1, -0.05) is 35.5 Å².